The predicted octanol–water partition coefficient (Wildman–Crippen LogP) is 2.55. The molecule has 1 aromatic rings. The van der Waals surface area contributed by atoms with Crippen LogP contribution in [0.3, 0.4) is 0 Å². The van der Waals surface area contributed by atoms with Gasteiger partial charge in [-0.2, -0.15) is 0 Å². The zero-order chi connectivity index (χ0) is 12.5. The number of benzene rings is 1. The molecule has 0 bridgehead atoms. The first-order valence-corrected chi connectivity index (χ1v) is 6.78. The summed E-state index contributed by atoms with van der Waals surface area (Å²) >= 11 is 0. The molecule has 0 saturated heterocycles. The summed E-state index contributed by atoms with van der Waals surface area (Å²) in [6.45, 7) is 0.0123. The lowest BCUT2D eigenvalue weighted by Crippen LogP contribution is -2.26. The summed E-state index contributed by atoms with van der Waals surface area (Å²) in [7, 11) is 0. The van der Waals surface area contributed by atoms with E-state index in [0.29, 0.717) is 11.8 Å². The number of nitrogens with one attached hydrogen (secondary N) is 1. The molecule has 96 valence electrons. The number of anilines is 1. The molecular weight excluding hydrogens is 226 g/mol. The van der Waals surface area contributed by atoms with Gasteiger partial charge in [0.2, 0.25) is 5.91 Å². The first-order valence-electron chi connectivity index (χ1n) is 6.78. The van der Waals surface area contributed by atoms with Crippen molar-refractivity contribution in [3.8, 4) is 0 Å². The number of carbonyl (C=O) groups is 1. The SMILES string of the molecule is O=C(Nc1cccc(CO)c1)C(C1CC1)C1CC1. The van der Waals surface area contributed by atoms with E-state index in [0.717, 1.165) is 11.3 Å². The van der Waals surface area contributed by atoms with E-state index >= 15 is 0 Å². The van der Waals surface area contributed by atoms with Crippen molar-refractivity contribution in [3.63, 3.8) is 0 Å². The Morgan fingerprint density at radius 1 is 1.28 bits per heavy atom. The van der Waals surface area contributed by atoms with Gasteiger partial charge in [-0.1, -0.05) is 12.1 Å². The third-order valence-electron chi connectivity index (χ3n) is 3.94. The Morgan fingerprint density at radius 3 is 2.50 bits per heavy atom. The van der Waals surface area contributed by atoms with E-state index in [1.54, 1.807) is 0 Å². The van der Waals surface area contributed by atoms with Gasteiger partial charge in [0.05, 0.1) is 6.61 Å². The van der Waals surface area contributed by atoms with Crippen LogP contribution < -0.4 is 5.32 Å². The van der Waals surface area contributed by atoms with Crippen molar-refractivity contribution in [1.82, 2.24) is 0 Å². The standard InChI is InChI=1S/C15H19NO2/c17-9-10-2-1-3-13(8-10)16-15(18)14(11-4-5-11)12-6-7-12/h1-3,8,11-12,14,17H,4-7,9H2,(H,16,18). The van der Waals surface area contributed by atoms with Gasteiger partial charge in [-0.05, 0) is 55.2 Å². The summed E-state index contributed by atoms with van der Waals surface area (Å²) in [6.07, 6.45) is 4.85. The van der Waals surface area contributed by atoms with E-state index in [9.17, 15) is 4.79 Å². The number of hydrogen-bond donors (Lipinski definition) is 2. The first-order chi connectivity index (χ1) is 8.78. The van der Waals surface area contributed by atoms with E-state index in [2.05, 4.69) is 5.32 Å². The second-order valence-electron chi connectivity index (χ2n) is 5.55. The molecule has 0 heterocycles. The minimum absolute atomic E-state index is 0.0123. The number of rotatable bonds is 5. The maximum Gasteiger partial charge on any atom is 0.228 e. The zero-order valence-corrected chi connectivity index (χ0v) is 10.4. The van der Waals surface area contributed by atoms with Crippen LogP contribution in [-0.2, 0) is 11.4 Å². The van der Waals surface area contributed by atoms with E-state index in [1.165, 1.54) is 25.7 Å². The average Bonchev–Trinajstić information content (AvgIpc) is 3.23. The van der Waals surface area contributed by atoms with Crippen LogP contribution >= 0.6 is 0 Å². The van der Waals surface area contributed by atoms with Gasteiger partial charge in [-0.3, -0.25) is 4.79 Å². The smallest absolute Gasteiger partial charge is 0.228 e. The lowest BCUT2D eigenvalue weighted by atomic mass is 9.97. The van der Waals surface area contributed by atoms with Gasteiger partial charge < -0.3 is 10.4 Å². The summed E-state index contributed by atoms with van der Waals surface area (Å²) in [5.74, 6) is 1.65. The molecule has 0 aliphatic heterocycles. The first kappa shape index (κ1) is 11.7. The molecule has 0 atom stereocenters. The molecule has 2 N–H and O–H groups in total. The largest absolute Gasteiger partial charge is 0.392 e. The number of amides is 1. The van der Waals surface area contributed by atoms with Gasteiger partial charge in [0.15, 0.2) is 0 Å². The van der Waals surface area contributed by atoms with Crippen LogP contribution in [0.5, 0.6) is 0 Å². The summed E-state index contributed by atoms with van der Waals surface area (Å²) in [5.41, 5.74) is 1.64. The van der Waals surface area contributed by atoms with Crippen molar-refractivity contribution in [2.75, 3.05) is 5.32 Å². The van der Waals surface area contributed by atoms with Crippen LogP contribution in [-0.4, -0.2) is 11.0 Å². The van der Waals surface area contributed by atoms with Gasteiger partial charge in [0, 0.05) is 11.6 Å². The van der Waals surface area contributed by atoms with Crippen molar-refractivity contribution in [3.05, 3.63) is 29.8 Å². The highest BCUT2D eigenvalue weighted by Gasteiger charge is 2.45. The average molecular weight is 245 g/mol. The quantitative estimate of drug-likeness (QED) is 0.837. The minimum Gasteiger partial charge on any atom is -0.392 e. The molecule has 1 aromatic carbocycles. The molecule has 1 amide bonds. The second kappa shape index (κ2) is 4.73. The molecule has 0 aromatic heterocycles. The molecule has 3 heteroatoms. The van der Waals surface area contributed by atoms with E-state index < -0.39 is 0 Å². The highest BCUT2D eigenvalue weighted by molar-refractivity contribution is 5.93. The van der Waals surface area contributed by atoms with Crippen LogP contribution in [0.2, 0.25) is 0 Å². The van der Waals surface area contributed by atoms with Crippen LogP contribution in [0, 0.1) is 17.8 Å². The molecule has 2 fully saturated rings. The molecular formula is C15H19NO2. The highest BCUT2D eigenvalue weighted by Crippen LogP contribution is 2.49. The van der Waals surface area contributed by atoms with Crippen molar-refractivity contribution < 1.29 is 9.90 Å². The van der Waals surface area contributed by atoms with Gasteiger partial charge >= 0.3 is 0 Å². The Kier molecular flexibility index (Phi) is 3.08. The molecule has 0 spiro atoms. The Bertz CT molecular complexity index is 438. The molecule has 0 unspecified atom stereocenters. The lowest BCUT2D eigenvalue weighted by Gasteiger charge is -2.15. The van der Waals surface area contributed by atoms with Gasteiger partial charge in [-0.25, -0.2) is 0 Å². The van der Waals surface area contributed by atoms with Crippen molar-refractivity contribution in [1.29, 1.82) is 0 Å². The van der Waals surface area contributed by atoms with E-state index in [1.807, 2.05) is 24.3 Å². The summed E-state index contributed by atoms with van der Waals surface area (Å²) in [6, 6.07) is 7.45. The van der Waals surface area contributed by atoms with Crippen molar-refractivity contribution >= 4 is 11.6 Å². The number of aliphatic hydroxyl groups excluding tert-OH is 1. The summed E-state index contributed by atoms with van der Waals surface area (Å²) in [4.78, 5) is 12.3. The third-order valence-corrected chi connectivity index (χ3v) is 3.94. The predicted molar refractivity (Wildman–Crippen MR) is 69.9 cm³/mol. The monoisotopic (exact) mass is 245 g/mol. The molecule has 0 radical (unpaired) electrons. The fourth-order valence-electron chi connectivity index (χ4n) is 2.70. The molecule has 2 saturated carbocycles. The van der Waals surface area contributed by atoms with Gasteiger partial charge in [-0.15, -0.1) is 0 Å². The molecule has 3 nitrogen and oxygen atoms in total. The lowest BCUT2D eigenvalue weighted by molar-refractivity contribution is -0.121. The minimum atomic E-state index is 0.0123. The topological polar surface area (TPSA) is 49.3 Å². The molecule has 2 aliphatic rings. The zero-order valence-electron chi connectivity index (χ0n) is 10.4. The number of aliphatic hydroxyl groups is 1. The van der Waals surface area contributed by atoms with E-state index in [4.69, 9.17) is 5.11 Å². The number of hydrogen-bond acceptors (Lipinski definition) is 2. The second-order valence-corrected chi connectivity index (χ2v) is 5.55. The molecule has 3 rings (SSSR count). The third kappa shape index (κ3) is 2.56. The van der Waals surface area contributed by atoms with Crippen LogP contribution in [0.25, 0.3) is 0 Å². The van der Waals surface area contributed by atoms with Crippen LogP contribution in [0.1, 0.15) is 31.2 Å². The Morgan fingerprint density at radius 2 is 1.94 bits per heavy atom. The Labute approximate surface area is 107 Å². The molecule has 18 heavy (non-hydrogen) atoms. The normalized spacial score (nSPS) is 19.0. The van der Waals surface area contributed by atoms with Crippen LogP contribution in [0.15, 0.2) is 24.3 Å². The Balaban J connectivity index is 1.68. The number of carbonyl (C=O) groups excluding carboxylic acids is 1. The van der Waals surface area contributed by atoms with Crippen molar-refractivity contribution in [2.45, 2.75) is 32.3 Å². The van der Waals surface area contributed by atoms with Crippen molar-refractivity contribution in [2.24, 2.45) is 17.8 Å². The van der Waals surface area contributed by atoms with Gasteiger partial charge in [0.1, 0.15) is 0 Å². The van der Waals surface area contributed by atoms with Gasteiger partial charge in [0.25, 0.3) is 0 Å². The maximum atomic E-state index is 12.3. The summed E-state index contributed by atoms with van der Waals surface area (Å²) in [5, 5.41) is 12.1. The van der Waals surface area contributed by atoms with E-state index in [-0.39, 0.29) is 18.4 Å². The maximum absolute atomic E-state index is 12.3. The fraction of sp³-hybridized carbons (Fsp3) is 0.533. The highest BCUT2D eigenvalue weighted by atomic mass is 16.3. The summed E-state index contributed by atoms with van der Waals surface area (Å²) < 4.78 is 0. The Hall–Kier alpha value is -1.35. The van der Waals surface area contributed by atoms with Crippen LogP contribution in [0.4, 0.5) is 5.69 Å². The molecule has 2 aliphatic carbocycles. The fourth-order valence-corrected chi connectivity index (χ4v) is 2.70.